The number of H-pyrrole nitrogens is 1. The zero-order valence-corrected chi connectivity index (χ0v) is 31.5. The summed E-state index contributed by atoms with van der Waals surface area (Å²) >= 11 is 0. The lowest BCUT2D eigenvalue weighted by molar-refractivity contribution is -0.275. The highest BCUT2D eigenvalue weighted by atomic mass is 19.4. The molecule has 2 amide bonds. The fourth-order valence-corrected chi connectivity index (χ4v) is 6.61. The van der Waals surface area contributed by atoms with Gasteiger partial charge in [-0.05, 0) is 77.7 Å². The molecule has 0 fully saturated rings. The molecule has 1 unspecified atom stereocenters. The van der Waals surface area contributed by atoms with Crippen LogP contribution in [0.1, 0.15) is 56.7 Å². The Morgan fingerprint density at radius 2 is 1.58 bits per heavy atom. The normalized spacial score (nSPS) is 12.4. The molecule has 0 bridgehead atoms. The van der Waals surface area contributed by atoms with Gasteiger partial charge < -0.3 is 45.3 Å². The number of nitrogens with zero attached hydrogens (tertiary/aromatic N) is 1. The van der Waals surface area contributed by atoms with Crippen molar-refractivity contribution < 1.29 is 47.6 Å². The third kappa shape index (κ3) is 11.4. The molecule has 6 aromatic rings. The highest BCUT2D eigenvalue weighted by molar-refractivity contribution is 5.94. The fraction of sp³-hybridized carbons (Fsp3) is 0.205. The summed E-state index contributed by atoms with van der Waals surface area (Å²) < 4.78 is 50.1. The van der Waals surface area contributed by atoms with Gasteiger partial charge in [-0.2, -0.15) is 0 Å². The van der Waals surface area contributed by atoms with Crippen molar-refractivity contribution in [3.8, 4) is 17.2 Å². The molecule has 0 aliphatic heterocycles. The van der Waals surface area contributed by atoms with Crippen LogP contribution in [0.2, 0.25) is 0 Å². The quantitative estimate of drug-likeness (QED) is 0.0513. The molecule has 12 nitrogen and oxygen atoms in total. The number of benzene rings is 5. The van der Waals surface area contributed by atoms with Crippen LogP contribution in [0.25, 0.3) is 10.9 Å². The van der Waals surface area contributed by atoms with Gasteiger partial charge in [0.1, 0.15) is 23.9 Å². The topological polar surface area (TPSA) is 173 Å². The number of carbonyl (C=O) groups excluding carboxylic acids is 1. The highest BCUT2D eigenvalue weighted by Crippen LogP contribution is 2.30. The van der Waals surface area contributed by atoms with E-state index in [0.717, 1.165) is 11.1 Å². The van der Waals surface area contributed by atoms with Crippen molar-refractivity contribution >= 4 is 22.9 Å². The highest BCUT2D eigenvalue weighted by Gasteiger charge is 2.32. The summed E-state index contributed by atoms with van der Waals surface area (Å²) in [6.45, 7) is 0.489. The maximum Gasteiger partial charge on any atom is 0.573 e. The van der Waals surface area contributed by atoms with E-state index in [-0.39, 0.29) is 48.6 Å². The summed E-state index contributed by atoms with van der Waals surface area (Å²) in [7, 11) is 0. The molecular formula is C44H41F3N4O8. The molecule has 1 aromatic heterocycles. The first-order valence-electron chi connectivity index (χ1n) is 18.6. The second-order valence-corrected chi connectivity index (χ2v) is 13.6. The predicted octanol–water partition coefficient (Wildman–Crippen LogP) is 7.42. The fourth-order valence-electron chi connectivity index (χ4n) is 6.61. The number of ether oxygens (including phenoxy) is 2. The van der Waals surface area contributed by atoms with Crippen LogP contribution in [0.4, 0.5) is 18.0 Å². The summed E-state index contributed by atoms with van der Waals surface area (Å²) in [4.78, 5) is 41.3. The van der Waals surface area contributed by atoms with Gasteiger partial charge in [0.05, 0.1) is 17.7 Å². The summed E-state index contributed by atoms with van der Waals surface area (Å²) in [5.41, 5.74) is 2.87. The Morgan fingerprint density at radius 1 is 0.847 bits per heavy atom. The second-order valence-electron chi connectivity index (χ2n) is 13.6. The van der Waals surface area contributed by atoms with Crippen molar-refractivity contribution in [1.29, 1.82) is 0 Å². The molecular weight excluding hydrogens is 769 g/mol. The average molecular weight is 811 g/mol. The van der Waals surface area contributed by atoms with E-state index in [0.29, 0.717) is 35.2 Å². The van der Waals surface area contributed by atoms with Gasteiger partial charge in [-0.15, -0.1) is 13.2 Å². The number of carboxylic acid groups (broad SMARTS) is 1. The minimum absolute atomic E-state index is 0.0931. The van der Waals surface area contributed by atoms with E-state index in [1.807, 2.05) is 30.3 Å². The molecule has 0 saturated carbocycles. The minimum Gasteiger partial charge on any atom is -0.506 e. The van der Waals surface area contributed by atoms with E-state index in [1.165, 1.54) is 41.3 Å². The number of amides is 2. The van der Waals surface area contributed by atoms with Crippen LogP contribution >= 0.6 is 0 Å². The Morgan fingerprint density at radius 3 is 2.32 bits per heavy atom. The predicted molar refractivity (Wildman–Crippen MR) is 213 cm³/mol. The number of halogens is 3. The van der Waals surface area contributed by atoms with Crippen molar-refractivity contribution in [3.05, 3.63) is 171 Å². The number of hydrogen-bond donors (Lipinski definition) is 6. The molecule has 0 radical (unpaired) electrons. The molecule has 0 spiro atoms. The van der Waals surface area contributed by atoms with Crippen molar-refractivity contribution in [2.75, 3.05) is 19.6 Å². The maximum absolute atomic E-state index is 13.9. The zero-order chi connectivity index (χ0) is 41.9. The summed E-state index contributed by atoms with van der Waals surface area (Å²) in [5.74, 6) is -0.499. The van der Waals surface area contributed by atoms with Crippen LogP contribution in [0.15, 0.2) is 132 Å². The first kappa shape index (κ1) is 41.8. The molecule has 0 aliphatic rings. The van der Waals surface area contributed by atoms with E-state index in [1.54, 1.807) is 60.7 Å². The van der Waals surface area contributed by atoms with Gasteiger partial charge in [0.2, 0.25) is 5.56 Å². The number of nitrogens with one attached hydrogen (secondary N) is 3. The number of para-hydroxylation sites is 1. The number of phenolic OH excluding ortho intramolecular Hbond substituents is 1. The van der Waals surface area contributed by atoms with E-state index in [4.69, 9.17) is 4.74 Å². The number of pyridine rings is 1. The van der Waals surface area contributed by atoms with Gasteiger partial charge in [-0.3, -0.25) is 9.59 Å². The Bertz CT molecular complexity index is 2430. The number of aromatic hydroxyl groups is 1. The van der Waals surface area contributed by atoms with E-state index >= 15 is 0 Å². The number of aromatic amines is 1. The van der Waals surface area contributed by atoms with Gasteiger partial charge in [-0.25, -0.2) is 4.79 Å². The van der Waals surface area contributed by atoms with Crippen molar-refractivity contribution in [2.24, 2.45) is 0 Å². The second kappa shape index (κ2) is 19.1. The molecule has 6 rings (SSSR count). The van der Waals surface area contributed by atoms with Crippen LogP contribution in [0, 0.1) is 0 Å². The van der Waals surface area contributed by atoms with E-state index < -0.39 is 41.8 Å². The largest absolute Gasteiger partial charge is 0.573 e. The van der Waals surface area contributed by atoms with Gasteiger partial charge in [0.15, 0.2) is 0 Å². The summed E-state index contributed by atoms with van der Waals surface area (Å²) in [5, 5.41) is 36.7. The van der Waals surface area contributed by atoms with Gasteiger partial charge in [0, 0.05) is 42.2 Å². The number of fused-ring (bicyclic) bond motifs is 1. The minimum atomic E-state index is -4.94. The molecule has 2 atom stereocenters. The third-order valence-corrected chi connectivity index (χ3v) is 9.43. The lowest BCUT2D eigenvalue weighted by Crippen LogP contribution is -2.34. The number of phenols is 1. The maximum atomic E-state index is 13.9. The number of rotatable bonds is 17. The molecule has 6 N–H and O–H groups in total. The molecule has 59 heavy (non-hydrogen) atoms. The number of carbonyl (C=O) groups is 2. The zero-order valence-electron chi connectivity index (χ0n) is 31.5. The van der Waals surface area contributed by atoms with Crippen LogP contribution in [-0.4, -0.2) is 63.2 Å². The number of aromatic nitrogens is 1. The SMILES string of the molecule is O=C(O)NC(c1ccccc1)c1cccc(OCc2ccc(C(=O)N(CCCNC[C@@H](O)c3ccc(O)c4[nH]c(=O)ccc34)Cc3ccccc3OC(F)(F)F)cc2)c1. The molecule has 306 valence electrons. The Labute approximate surface area is 336 Å². The standard InChI is InChI=1S/C44H41F3N4O8/c45-44(46,47)59-38-13-5-4-10-32(38)26-51(23-7-22-48-25-37(53)34-18-20-36(52)41-35(34)19-21-39(54)49-41)42(55)30-16-14-28(15-17-30)27-58-33-12-6-11-31(24-33)40(50-43(56)57)29-8-2-1-3-9-29/h1-6,8-21,24,37,40,48,50,52-53H,7,22-23,25-27H2,(H,49,54)(H,56,57)/t37-,40?/m1/s1. The molecule has 5 aromatic carbocycles. The van der Waals surface area contributed by atoms with Crippen LogP contribution in [0.5, 0.6) is 17.2 Å². The lowest BCUT2D eigenvalue weighted by Gasteiger charge is -2.25. The smallest absolute Gasteiger partial charge is 0.506 e. The first-order valence-corrected chi connectivity index (χ1v) is 18.6. The monoisotopic (exact) mass is 810 g/mol. The number of alkyl halides is 3. The summed E-state index contributed by atoms with van der Waals surface area (Å²) in [6, 6.07) is 33.5. The van der Waals surface area contributed by atoms with Crippen LogP contribution in [-0.2, 0) is 13.2 Å². The Balaban J connectivity index is 1.11. The lowest BCUT2D eigenvalue weighted by atomic mass is 9.98. The Kier molecular flexibility index (Phi) is 13.5. The molecule has 15 heteroatoms. The average Bonchev–Trinajstić information content (AvgIpc) is 3.22. The third-order valence-electron chi connectivity index (χ3n) is 9.43. The molecule has 0 aliphatic carbocycles. The van der Waals surface area contributed by atoms with Gasteiger partial charge in [-0.1, -0.05) is 78.9 Å². The van der Waals surface area contributed by atoms with Gasteiger partial charge >= 0.3 is 12.5 Å². The summed E-state index contributed by atoms with van der Waals surface area (Å²) in [6.07, 6.45) is -6.76. The van der Waals surface area contributed by atoms with Crippen molar-refractivity contribution in [2.45, 2.75) is 38.1 Å². The van der Waals surface area contributed by atoms with Crippen LogP contribution in [0.3, 0.4) is 0 Å². The van der Waals surface area contributed by atoms with Crippen LogP contribution < -0.4 is 25.7 Å². The van der Waals surface area contributed by atoms with Crippen molar-refractivity contribution in [3.63, 3.8) is 0 Å². The van der Waals surface area contributed by atoms with E-state index in [9.17, 15) is 42.9 Å². The Hall–Kier alpha value is -6.84. The van der Waals surface area contributed by atoms with E-state index in [2.05, 4.69) is 20.4 Å². The van der Waals surface area contributed by atoms with Crippen molar-refractivity contribution in [1.82, 2.24) is 20.5 Å². The number of hydrogen-bond acceptors (Lipinski definition) is 8. The first-order chi connectivity index (χ1) is 28.3. The number of aliphatic hydroxyl groups excluding tert-OH is 1. The molecule has 0 saturated heterocycles. The van der Waals surface area contributed by atoms with Gasteiger partial charge in [0.25, 0.3) is 5.91 Å². The number of aliphatic hydroxyl groups is 1. The molecule has 1 heterocycles.